The average molecular weight is 466 g/mol. The lowest BCUT2D eigenvalue weighted by Gasteiger charge is -2.14. The van der Waals surface area contributed by atoms with Crippen LogP contribution in [0.4, 0.5) is 11.4 Å². The quantitative estimate of drug-likeness (QED) is 0.451. The summed E-state index contributed by atoms with van der Waals surface area (Å²) >= 11 is 1.11. The molecule has 3 N–H and O–H groups in total. The number of nitrogens with one attached hydrogen (secondary N) is 3. The monoisotopic (exact) mass is 465 g/mol. The zero-order valence-electron chi connectivity index (χ0n) is 19.2. The number of H-pyrrole nitrogens is 1. The Hall–Kier alpha value is -3.46. The van der Waals surface area contributed by atoms with E-state index in [2.05, 4.69) is 25.8 Å². The highest BCUT2D eigenvalue weighted by atomic mass is 32.2. The summed E-state index contributed by atoms with van der Waals surface area (Å²) in [6.45, 7) is 9.19. The molecule has 8 nitrogen and oxygen atoms in total. The molecule has 1 heterocycles. The Morgan fingerprint density at radius 2 is 1.64 bits per heavy atom. The van der Waals surface area contributed by atoms with E-state index in [0.29, 0.717) is 11.3 Å². The molecule has 33 heavy (non-hydrogen) atoms. The van der Waals surface area contributed by atoms with Gasteiger partial charge in [0, 0.05) is 17.2 Å². The van der Waals surface area contributed by atoms with Gasteiger partial charge in [0.25, 0.3) is 5.56 Å². The lowest BCUT2D eigenvalue weighted by molar-refractivity contribution is -0.119. The maximum atomic E-state index is 12.8. The third-order valence-corrected chi connectivity index (χ3v) is 5.92. The number of rotatable bonds is 7. The maximum Gasteiger partial charge on any atom is 0.278 e. The van der Waals surface area contributed by atoms with Gasteiger partial charge in [-0.2, -0.15) is 0 Å². The molecular formula is C24H27N5O3S. The van der Waals surface area contributed by atoms with Crippen LogP contribution in [0.15, 0.2) is 52.4 Å². The summed E-state index contributed by atoms with van der Waals surface area (Å²) in [5.74, 6) is -0.581. The van der Waals surface area contributed by atoms with E-state index in [1.165, 1.54) is 0 Å². The SMILES string of the molecule is Cc1ccc(C)c(NC(=O)C(C)Sc2nnc(-c3ccccc3NC(=O)C(C)C)c(=O)[nH]2)c1. The standard InChI is InChI=1S/C24H27N5O3S/c1-13(2)21(30)25-18-9-7-6-8-17(18)20-23(32)27-24(29-28-20)33-16(5)22(31)26-19-12-14(3)10-11-15(19)4/h6-13,16H,1-5H3,(H,25,30)(H,26,31)(H,27,29,32). The molecule has 0 fully saturated rings. The van der Waals surface area contributed by atoms with Crippen molar-refractivity contribution in [3.63, 3.8) is 0 Å². The van der Waals surface area contributed by atoms with E-state index in [9.17, 15) is 14.4 Å². The number of carbonyl (C=O) groups excluding carboxylic acids is 2. The Morgan fingerprint density at radius 1 is 0.939 bits per heavy atom. The van der Waals surface area contributed by atoms with E-state index in [0.717, 1.165) is 28.6 Å². The Kier molecular flexibility index (Phi) is 7.65. The first-order valence-electron chi connectivity index (χ1n) is 10.6. The lowest BCUT2D eigenvalue weighted by Crippen LogP contribution is -2.24. The molecule has 0 saturated heterocycles. The first-order chi connectivity index (χ1) is 15.7. The van der Waals surface area contributed by atoms with Crippen molar-refractivity contribution in [2.75, 3.05) is 10.6 Å². The highest BCUT2D eigenvalue weighted by Crippen LogP contribution is 2.26. The van der Waals surface area contributed by atoms with E-state index in [-0.39, 0.29) is 28.6 Å². The summed E-state index contributed by atoms with van der Waals surface area (Å²) in [7, 11) is 0. The number of benzene rings is 2. The number of hydrogen-bond acceptors (Lipinski definition) is 6. The van der Waals surface area contributed by atoms with Crippen LogP contribution in [0.5, 0.6) is 0 Å². The largest absolute Gasteiger partial charge is 0.325 e. The van der Waals surface area contributed by atoms with Gasteiger partial charge in [0.15, 0.2) is 10.9 Å². The van der Waals surface area contributed by atoms with Crippen molar-refractivity contribution < 1.29 is 9.59 Å². The molecule has 0 saturated carbocycles. The van der Waals surface area contributed by atoms with Crippen molar-refractivity contribution >= 4 is 35.0 Å². The third-order valence-electron chi connectivity index (χ3n) is 4.95. The van der Waals surface area contributed by atoms with Crippen LogP contribution in [0.25, 0.3) is 11.3 Å². The van der Waals surface area contributed by atoms with Crippen LogP contribution < -0.4 is 16.2 Å². The normalized spacial score (nSPS) is 11.8. The zero-order valence-corrected chi connectivity index (χ0v) is 20.0. The summed E-state index contributed by atoms with van der Waals surface area (Å²) in [5.41, 5.74) is 3.35. The van der Waals surface area contributed by atoms with Gasteiger partial charge in [-0.15, -0.1) is 10.2 Å². The highest BCUT2D eigenvalue weighted by molar-refractivity contribution is 8.00. The summed E-state index contributed by atoms with van der Waals surface area (Å²) in [4.78, 5) is 40.2. The van der Waals surface area contributed by atoms with E-state index < -0.39 is 10.8 Å². The Morgan fingerprint density at radius 3 is 2.33 bits per heavy atom. The fraction of sp³-hybridized carbons (Fsp3) is 0.292. The summed E-state index contributed by atoms with van der Waals surface area (Å²) in [5, 5.41) is 13.6. The van der Waals surface area contributed by atoms with Crippen molar-refractivity contribution in [3.8, 4) is 11.3 Å². The molecule has 0 aliphatic heterocycles. The maximum absolute atomic E-state index is 12.8. The molecule has 0 aliphatic rings. The first-order valence-corrected chi connectivity index (χ1v) is 11.5. The first kappa shape index (κ1) is 24.2. The molecule has 1 atom stereocenters. The number of nitrogens with zero attached hydrogens (tertiary/aromatic N) is 2. The highest BCUT2D eigenvalue weighted by Gasteiger charge is 2.19. The van der Waals surface area contributed by atoms with E-state index >= 15 is 0 Å². The molecule has 0 bridgehead atoms. The molecule has 172 valence electrons. The number of aryl methyl sites for hydroxylation is 2. The molecule has 1 unspecified atom stereocenters. The molecule has 0 spiro atoms. The van der Waals surface area contributed by atoms with Gasteiger partial charge >= 0.3 is 0 Å². The van der Waals surface area contributed by atoms with Gasteiger partial charge in [-0.3, -0.25) is 19.4 Å². The van der Waals surface area contributed by atoms with Crippen LogP contribution in [0.1, 0.15) is 31.9 Å². The van der Waals surface area contributed by atoms with Crippen LogP contribution in [0, 0.1) is 19.8 Å². The number of thioether (sulfide) groups is 1. The van der Waals surface area contributed by atoms with Gasteiger partial charge in [-0.1, -0.05) is 55.9 Å². The molecule has 0 aliphatic carbocycles. The minimum absolute atomic E-state index is 0.0893. The molecule has 2 amide bonds. The fourth-order valence-electron chi connectivity index (χ4n) is 2.95. The number of carbonyl (C=O) groups is 2. The van der Waals surface area contributed by atoms with Crippen molar-refractivity contribution in [1.29, 1.82) is 0 Å². The van der Waals surface area contributed by atoms with Crippen molar-refractivity contribution in [2.24, 2.45) is 5.92 Å². The van der Waals surface area contributed by atoms with Crippen LogP contribution in [-0.4, -0.2) is 32.2 Å². The van der Waals surface area contributed by atoms with Gasteiger partial charge in [0.2, 0.25) is 11.8 Å². The van der Waals surface area contributed by atoms with Gasteiger partial charge in [-0.05, 0) is 44.0 Å². The van der Waals surface area contributed by atoms with Crippen molar-refractivity contribution in [1.82, 2.24) is 15.2 Å². The second-order valence-corrected chi connectivity index (χ2v) is 9.39. The van der Waals surface area contributed by atoms with E-state index in [1.54, 1.807) is 45.0 Å². The van der Waals surface area contributed by atoms with E-state index in [1.807, 2.05) is 32.0 Å². The van der Waals surface area contributed by atoms with Crippen molar-refractivity contribution in [3.05, 3.63) is 63.9 Å². The Bertz CT molecular complexity index is 1240. The van der Waals surface area contributed by atoms with Gasteiger partial charge in [0.1, 0.15) is 0 Å². The Labute approximate surface area is 196 Å². The molecular weight excluding hydrogens is 438 g/mol. The van der Waals surface area contributed by atoms with E-state index in [4.69, 9.17) is 0 Å². The molecule has 9 heteroatoms. The number of amides is 2. The van der Waals surface area contributed by atoms with Crippen LogP contribution in [0.3, 0.4) is 0 Å². The van der Waals surface area contributed by atoms with Crippen LogP contribution in [0.2, 0.25) is 0 Å². The van der Waals surface area contributed by atoms with Gasteiger partial charge < -0.3 is 10.6 Å². The molecule has 2 aromatic carbocycles. The zero-order chi connectivity index (χ0) is 24.1. The number of anilines is 2. The molecule has 1 aromatic heterocycles. The number of para-hydroxylation sites is 1. The number of hydrogen-bond donors (Lipinski definition) is 3. The molecule has 0 radical (unpaired) electrons. The van der Waals surface area contributed by atoms with Crippen LogP contribution >= 0.6 is 11.8 Å². The lowest BCUT2D eigenvalue weighted by atomic mass is 10.1. The van der Waals surface area contributed by atoms with Crippen LogP contribution in [-0.2, 0) is 9.59 Å². The molecule has 3 rings (SSSR count). The Balaban J connectivity index is 1.76. The fourth-order valence-corrected chi connectivity index (χ4v) is 3.69. The topological polar surface area (TPSA) is 117 Å². The predicted molar refractivity (Wildman–Crippen MR) is 131 cm³/mol. The smallest absolute Gasteiger partial charge is 0.278 e. The number of aromatic amines is 1. The summed E-state index contributed by atoms with van der Waals surface area (Å²) in [6, 6.07) is 12.8. The third kappa shape index (κ3) is 6.07. The van der Waals surface area contributed by atoms with Gasteiger partial charge in [-0.25, -0.2) is 0 Å². The second-order valence-electron chi connectivity index (χ2n) is 8.07. The average Bonchev–Trinajstić information content (AvgIpc) is 2.77. The summed E-state index contributed by atoms with van der Waals surface area (Å²) in [6.07, 6.45) is 0. The predicted octanol–water partition coefficient (Wildman–Crippen LogP) is 4.16. The number of aromatic nitrogens is 3. The minimum Gasteiger partial charge on any atom is -0.325 e. The summed E-state index contributed by atoms with van der Waals surface area (Å²) < 4.78 is 0. The minimum atomic E-state index is -0.515. The van der Waals surface area contributed by atoms with Crippen molar-refractivity contribution in [2.45, 2.75) is 45.0 Å². The molecule has 3 aromatic rings. The van der Waals surface area contributed by atoms with Gasteiger partial charge in [0.05, 0.1) is 10.9 Å². The second kappa shape index (κ2) is 10.4.